The van der Waals surface area contributed by atoms with E-state index in [0.717, 1.165) is 18.4 Å². The molecule has 1 fully saturated rings. The molecular weight excluding hydrogens is 378 g/mol. The number of amides is 2. The van der Waals surface area contributed by atoms with Crippen LogP contribution in [0.1, 0.15) is 46.6 Å². The molecule has 0 saturated heterocycles. The lowest BCUT2D eigenvalue weighted by atomic mass is 10.1. The van der Waals surface area contributed by atoms with E-state index in [1.165, 1.54) is 11.1 Å². The number of carbonyl (C=O) groups is 2. The van der Waals surface area contributed by atoms with Crippen LogP contribution in [0.2, 0.25) is 0 Å². The molecule has 0 unspecified atom stereocenters. The summed E-state index contributed by atoms with van der Waals surface area (Å²) >= 11 is 0. The molecule has 1 aliphatic carbocycles. The molecule has 1 aliphatic rings. The van der Waals surface area contributed by atoms with E-state index >= 15 is 0 Å². The van der Waals surface area contributed by atoms with Crippen LogP contribution in [-0.4, -0.2) is 22.8 Å². The van der Waals surface area contributed by atoms with Crippen molar-refractivity contribution in [1.29, 1.82) is 0 Å². The minimum atomic E-state index is -0.152. The van der Waals surface area contributed by atoms with Crippen molar-refractivity contribution in [3.63, 3.8) is 0 Å². The van der Waals surface area contributed by atoms with Gasteiger partial charge in [0, 0.05) is 35.7 Å². The highest BCUT2D eigenvalue weighted by Gasteiger charge is 2.23. The van der Waals surface area contributed by atoms with Crippen LogP contribution in [-0.2, 0) is 11.2 Å². The third-order valence-electron chi connectivity index (χ3n) is 5.23. The molecule has 6 heteroatoms. The van der Waals surface area contributed by atoms with Gasteiger partial charge in [0.25, 0.3) is 5.91 Å². The smallest absolute Gasteiger partial charge is 0.251 e. The summed E-state index contributed by atoms with van der Waals surface area (Å²) in [4.78, 5) is 28.8. The highest BCUT2D eigenvalue weighted by molar-refractivity contribution is 5.97. The van der Waals surface area contributed by atoms with Crippen LogP contribution >= 0.6 is 0 Å². The third kappa shape index (κ3) is 4.95. The average molecular weight is 403 g/mol. The number of aryl methyl sites for hydroxylation is 3. The number of anilines is 1. The molecule has 3 aromatic rings. The fourth-order valence-corrected chi connectivity index (χ4v) is 3.13. The molecule has 154 valence electrons. The Labute approximate surface area is 175 Å². The fourth-order valence-electron chi connectivity index (χ4n) is 3.13. The number of nitrogens with zero attached hydrogens (tertiary/aromatic N) is 1. The number of benzene rings is 2. The first-order valence-corrected chi connectivity index (χ1v) is 10.2. The molecule has 0 atom stereocenters. The van der Waals surface area contributed by atoms with Gasteiger partial charge < -0.3 is 15.1 Å². The van der Waals surface area contributed by atoms with Crippen LogP contribution in [0.4, 0.5) is 5.69 Å². The monoisotopic (exact) mass is 403 g/mol. The summed E-state index contributed by atoms with van der Waals surface area (Å²) in [7, 11) is 0. The molecule has 2 amide bonds. The molecule has 2 N–H and O–H groups in total. The zero-order chi connectivity index (χ0) is 21.1. The Bertz CT molecular complexity index is 1080. The van der Waals surface area contributed by atoms with E-state index in [-0.39, 0.29) is 18.2 Å². The van der Waals surface area contributed by atoms with E-state index in [0.29, 0.717) is 35.4 Å². The lowest BCUT2D eigenvalue weighted by Crippen LogP contribution is -2.25. The van der Waals surface area contributed by atoms with Gasteiger partial charge in [0.05, 0.1) is 6.20 Å². The average Bonchev–Trinajstić information content (AvgIpc) is 3.42. The molecule has 6 nitrogen and oxygen atoms in total. The van der Waals surface area contributed by atoms with Crippen LogP contribution in [0.5, 0.6) is 0 Å². The summed E-state index contributed by atoms with van der Waals surface area (Å²) in [6.07, 6.45) is 4.41. The topological polar surface area (TPSA) is 84.2 Å². The van der Waals surface area contributed by atoms with Gasteiger partial charge >= 0.3 is 0 Å². The molecule has 0 radical (unpaired) electrons. The van der Waals surface area contributed by atoms with Crippen molar-refractivity contribution in [3.05, 3.63) is 71.2 Å². The summed E-state index contributed by atoms with van der Waals surface area (Å²) in [5, 5.41) is 5.79. The molecule has 4 rings (SSSR count). The third-order valence-corrected chi connectivity index (χ3v) is 5.23. The quantitative estimate of drug-likeness (QED) is 0.612. The van der Waals surface area contributed by atoms with E-state index in [1.807, 2.05) is 6.07 Å². The predicted molar refractivity (Wildman–Crippen MR) is 115 cm³/mol. The number of oxazole rings is 1. The van der Waals surface area contributed by atoms with Gasteiger partial charge in [-0.1, -0.05) is 18.2 Å². The molecule has 0 aliphatic heterocycles. The number of nitrogens with one attached hydrogen (secondary N) is 2. The van der Waals surface area contributed by atoms with E-state index in [9.17, 15) is 9.59 Å². The van der Waals surface area contributed by atoms with Gasteiger partial charge in [-0.25, -0.2) is 4.98 Å². The Kier molecular flexibility index (Phi) is 5.65. The maximum absolute atomic E-state index is 12.3. The summed E-state index contributed by atoms with van der Waals surface area (Å²) in [5.41, 5.74) is 4.54. The standard InChI is InChI=1S/C24H25N3O3/c1-15-6-7-17(12-16(15)2)21-14-25-23(30-21)11-10-22(28)26-20-5-3-4-18(13-20)24(29)27-19-8-9-19/h3-7,12-14,19H,8-11H2,1-2H3,(H,26,28)(H,27,29). The lowest BCUT2D eigenvalue weighted by molar-refractivity contribution is -0.116. The largest absolute Gasteiger partial charge is 0.441 e. The first-order chi connectivity index (χ1) is 14.5. The number of hydrogen-bond donors (Lipinski definition) is 2. The molecule has 1 aromatic heterocycles. The maximum atomic E-state index is 12.3. The van der Waals surface area contributed by atoms with Gasteiger partial charge in [0.2, 0.25) is 5.91 Å². The highest BCUT2D eigenvalue weighted by atomic mass is 16.4. The van der Waals surface area contributed by atoms with Crippen molar-refractivity contribution in [2.45, 2.75) is 45.6 Å². The Hall–Kier alpha value is -3.41. The molecule has 0 spiro atoms. The summed E-state index contributed by atoms with van der Waals surface area (Å²) < 4.78 is 5.81. The molecule has 0 bridgehead atoms. The fraction of sp³-hybridized carbons (Fsp3) is 0.292. The second kappa shape index (κ2) is 8.53. The maximum Gasteiger partial charge on any atom is 0.251 e. The molecule has 1 saturated carbocycles. The van der Waals surface area contributed by atoms with Gasteiger partial charge in [0.1, 0.15) is 0 Å². The first-order valence-electron chi connectivity index (χ1n) is 10.2. The number of rotatable bonds is 7. The zero-order valence-electron chi connectivity index (χ0n) is 17.2. The number of aromatic nitrogens is 1. The predicted octanol–water partition coefficient (Wildman–Crippen LogP) is 4.42. The van der Waals surface area contributed by atoms with Gasteiger partial charge in [-0.3, -0.25) is 9.59 Å². The SMILES string of the molecule is Cc1ccc(-c2cnc(CCC(=O)Nc3cccc(C(=O)NC4CC4)c3)o2)cc1C. The number of hydrogen-bond acceptors (Lipinski definition) is 4. The Morgan fingerprint density at radius 1 is 1.10 bits per heavy atom. The minimum absolute atomic E-state index is 0.104. The second-order valence-corrected chi connectivity index (χ2v) is 7.79. The molecule has 30 heavy (non-hydrogen) atoms. The number of carbonyl (C=O) groups excluding carboxylic acids is 2. The molecule has 1 heterocycles. The van der Waals surface area contributed by atoms with Crippen LogP contribution in [0.15, 0.2) is 53.1 Å². The van der Waals surface area contributed by atoms with E-state index in [1.54, 1.807) is 30.5 Å². The van der Waals surface area contributed by atoms with Crippen LogP contribution in [0, 0.1) is 13.8 Å². The van der Waals surface area contributed by atoms with E-state index in [2.05, 4.69) is 41.6 Å². The zero-order valence-corrected chi connectivity index (χ0v) is 17.2. The van der Waals surface area contributed by atoms with Crippen LogP contribution < -0.4 is 10.6 Å². The van der Waals surface area contributed by atoms with Crippen molar-refractivity contribution in [2.75, 3.05) is 5.32 Å². The van der Waals surface area contributed by atoms with Gasteiger partial charge in [0.15, 0.2) is 11.7 Å². The lowest BCUT2D eigenvalue weighted by Gasteiger charge is -2.07. The Morgan fingerprint density at radius 2 is 1.93 bits per heavy atom. The van der Waals surface area contributed by atoms with Gasteiger partial charge in [-0.15, -0.1) is 0 Å². The Balaban J connectivity index is 1.32. The van der Waals surface area contributed by atoms with Crippen LogP contribution in [0.25, 0.3) is 11.3 Å². The van der Waals surface area contributed by atoms with E-state index in [4.69, 9.17) is 4.42 Å². The van der Waals surface area contributed by atoms with Crippen molar-refractivity contribution in [3.8, 4) is 11.3 Å². The highest BCUT2D eigenvalue weighted by Crippen LogP contribution is 2.23. The summed E-state index contributed by atoms with van der Waals surface area (Å²) in [5.74, 6) is 0.965. The summed E-state index contributed by atoms with van der Waals surface area (Å²) in [6.45, 7) is 4.13. The van der Waals surface area contributed by atoms with Crippen molar-refractivity contribution >= 4 is 17.5 Å². The second-order valence-electron chi connectivity index (χ2n) is 7.79. The van der Waals surface area contributed by atoms with E-state index < -0.39 is 0 Å². The van der Waals surface area contributed by atoms with Gasteiger partial charge in [-0.2, -0.15) is 0 Å². The van der Waals surface area contributed by atoms with Crippen molar-refractivity contribution in [1.82, 2.24) is 10.3 Å². The first kappa shape index (κ1) is 19.9. The minimum Gasteiger partial charge on any atom is -0.441 e. The normalized spacial score (nSPS) is 13.1. The van der Waals surface area contributed by atoms with Crippen molar-refractivity contribution in [2.24, 2.45) is 0 Å². The van der Waals surface area contributed by atoms with Crippen molar-refractivity contribution < 1.29 is 14.0 Å². The van der Waals surface area contributed by atoms with Crippen LogP contribution in [0.3, 0.4) is 0 Å². The molecular formula is C24H25N3O3. The Morgan fingerprint density at radius 3 is 2.70 bits per heavy atom. The van der Waals surface area contributed by atoms with Gasteiger partial charge in [-0.05, 0) is 62.1 Å². The summed E-state index contributed by atoms with van der Waals surface area (Å²) in [6, 6.07) is 13.4. The molecule has 2 aromatic carbocycles.